The van der Waals surface area contributed by atoms with Crippen LogP contribution in [-0.4, -0.2) is 60.1 Å². The highest BCUT2D eigenvalue weighted by atomic mass is 19.1. The zero-order chi connectivity index (χ0) is 27.0. The summed E-state index contributed by atoms with van der Waals surface area (Å²) in [5.41, 5.74) is 7.21. The molecule has 38 heavy (non-hydrogen) atoms. The lowest BCUT2D eigenvalue weighted by atomic mass is 9.95. The van der Waals surface area contributed by atoms with Crippen LogP contribution in [0.2, 0.25) is 0 Å². The maximum Gasteiger partial charge on any atom is 0.251 e. The lowest BCUT2D eigenvalue weighted by molar-refractivity contribution is 0.0923. The molecule has 3 aliphatic rings. The number of aryl methyl sites for hydroxylation is 1. The third kappa shape index (κ3) is 5.21. The first-order valence-corrected chi connectivity index (χ1v) is 13.2. The number of aromatic nitrogens is 1. The second-order valence-corrected chi connectivity index (χ2v) is 10.7. The van der Waals surface area contributed by atoms with E-state index < -0.39 is 25.3 Å². The quantitative estimate of drug-likeness (QED) is 0.407. The summed E-state index contributed by atoms with van der Waals surface area (Å²) < 4.78 is 26.3. The van der Waals surface area contributed by atoms with Gasteiger partial charge in [0.15, 0.2) is 5.78 Å². The second kappa shape index (κ2) is 10.7. The molecule has 1 saturated carbocycles. The maximum absolute atomic E-state index is 13.3. The van der Waals surface area contributed by atoms with E-state index in [-0.39, 0.29) is 47.0 Å². The Labute approximate surface area is 220 Å². The minimum absolute atomic E-state index is 0.0528. The summed E-state index contributed by atoms with van der Waals surface area (Å²) in [6, 6.07) is 5.98. The molecular formula is C28H33F2N5O3. The Balaban J connectivity index is 1.27. The SMILES string of the molecule is Cc1cc(C(N)=O)c(NC(CF)CF)cc1C(=O)NC1C[C@H]2CC[C@@H](C1)N2c1ccc(C(=O)C2CC2)cn1. The number of rotatable bonds is 10. The molecule has 1 unspecified atom stereocenters. The number of carbonyl (C=O) groups excluding carboxylic acids is 3. The first-order valence-electron chi connectivity index (χ1n) is 13.2. The van der Waals surface area contributed by atoms with E-state index in [9.17, 15) is 23.2 Å². The van der Waals surface area contributed by atoms with Gasteiger partial charge < -0.3 is 21.3 Å². The van der Waals surface area contributed by atoms with Gasteiger partial charge in [0, 0.05) is 47.1 Å². The van der Waals surface area contributed by atoms with Crippen molar-refractivity contribution < 1.29 is 23.2 Å². The Hall–Kier alpha value is -3.56. The minimum atomic E-state index is -1.14. The van der Waals surface area contributed by atoms with E-state index >= 15 is 0 Å². The van der Waals surface area contributed by atoms with Gasteiger partial charge in [0.2, 0.25) is 0 Å². The zero-order valence-corrected chi connectivity index (χ0v) is 21.4. The molecule has 2 bridgehead atoms. The molecule has 2 aliphatic heterocycles. The average Bonchev–Trinajstić information content (AvgIpc) is 3.72. The Morgan fingerprint density at radius 1 is 1.05 bits per heavy atom. The number of halogens is 2. The van der Waals surface area contributed by atoms with E-state index in [2.05, 4.69) is 20.5 Å². The Morgan fingerprint density at radius 2 is 1.74 bits per heavy atom. The Morgan fingerprint density at radius 3 is 2.29 bits per heavy atom. The molecule has 2 aromatic rings. The van der Waals surface area contributed by atoms with Gasteiger partial charge in [-0.15, -0.1) is 0 Å². The first kappa shape index (κ1) is 26.1. The number of nitrogens with two attached hydrogens (primary N) is 1. The van der Waals surface area contributed by atoms with Crippen molar-refractivity contribution in [3.8, 4) is 0 Å². The van der Waals surface area contributed by atoms with Gasteiger partial charge in [-0.3, -0.25) is 14.4 Å². The number of hydrogen-bond donors (Lipinski definition) is 3. The number of piperidine rings is 1. The maximum atomic E-state index is 13.3. The number of nitrogens with one attached hydrogen (secondary N) is 2. The van der Waals surface area contributed by atoms with Crippen molar-refractivity contribution in [3.05, 3.63) is 52.7 Å². The molecule has 4 N–H and O–H groups in total. The summed E-state index contributed by atoms with van der Waals surface area (Å²) in [5, 5.41) is 5.78. The van der Waals surface area contributed by atoms with Gasteiger partial charge in [0.05, 0.1) is 11.6 Å². The number of carbonyl (C=O) groups is 3. The predicted molar refractivity (Wildman–Crippen MR) is 140 cm³/mol. The fourth-order valence-electron chi connectivity index (χ4n) is 5.81. The van der Waals surface area contributed by atoms with Crippen molar-refractivity contribution in [3.63, 3.8) is 0 Å². The molecule has 8 nitrogen and oxygen atoms in total. The number of ketones is 1. The van der Waals surface area contributed by atoms with Crippen LogP contribution in [-0.2, 0) is 0 Å². The van der Waals surface area contributed by atoms with Crippen LogP contribution in [0.5, 0.6) is 0 Å². The number of anilines is 2. The standard InChI is InChI=1S/C28H33F2N5O3/c1-15-8-23(27(31)37)24(33-19(12-29)13-30)11-22(15)28(38)34-18-9-20-5-6-21(10-18)35(20)25-7-4-17(14-32-25)26(36)16-2-3-16/h4,7-8,11,14,16,18-21,33H,2-3,5-6,9-10,12-13H2,1H3,(H2,31,37)(H,34,38)/t18?,20-,21+. The normalized spacial score (nSPS) is 22.4. The predicted octanol–water partition coefficient (Wildman–Crippen LogP) is 3.73. The third-order valence-electron chi connectivity index (χ3n) is 7.92. The molecule has 1 aromatic carbocycles. The van der Waals surface area contributed by atoms with E-state index in [0.29, 0.717) is 16.7 Å². The number of amides is 2. The molecule has 10 heteroatoms. The van der Waals surface area contributed by atoms with Gasteiger partial charge in [-0.05, 0) is 75.3 Å². The van der Waals surface area contributed by atoms with Crippen molar-refractivity contribution in [2.45, 2.75) is 69.6 Å². The summed E-state index contributed by atoms with van der Waals surface area (Å²) in [6.45, 7) is -0.248. The number of benzene rings is 1. The molecule has 0 spiro atoms. The van der Waals surface area contributed by atoms with Crippen molar-refractivity contribution in [1.82, 2.24) is 10.3 Å². The molecule has 2 amide bonds. The van der Waals surface area contributed by atoms with Crippen LogP contribution >= 0.6 is 0 Å². The van der Waals surface area contributed by atoms with Crippen molar-refractivity contribution in [1.29, 1.82) is 0 Å². The lowest BCUT2D eigenvalue weighted by Crippen LogP contribution is -2.50. The number of Topliss-reactive ketones (excluding diaryl/α,β-unsaturated/α-hetero) is 1. The van der Waals surface area contributed by atoms with E-state index in [1.807, 2.05) is 12.1 Å². The highest BCUT2D eigenvalue weighted by Gasteiger charge is 2.42. The topological polar surface area (TPSA) is 117 Å². The van der Waals surface area contributed by atoms with Gasteiger partial charge in [-0.1, -0.05) is 0 Å². The van der Waals surface area contributed by atoms with Crippen LogP contribution in [0.3, 0.4) is 0 Å². The molecule has 3 atom stereocenters. The largest absolute Gasteiger partial charge is 0.376 e. The number of pyridine rings is 1. The van der Waals surface area contributed by atoms with Crippen LogP contribution in [0.1, 0.15) is 75.2 Å². The fourth-order valence-corrected chi connectivity index (χ4v) is 5.81. The number of hydrogen-bond acceptors (Lipinski definition) is 6. The highest BCUT2D eigenvalue weighted by Crippen LogP contribution is 2.39. The van der Waals surface area contributed by atoms with Crippen molar-refractivity contribution in [2.75, 3.05) is 23.6 Å². The molecule has 3 heterocycles. The number of nitrogens with zero attached hydrogens (tertiary/aromatic N) is 2. The molecule has 1 aromatic heterocycles. The van der Waals surface area contributed by atoms with Crippen molar-refractivity contribution >= 4 is 29.1 Å². The van der Waals surface area contributed by atoms with Crippen LogP contribution in [0.4, 0.5) is 20.3 Å². The van der Waals surface area contributed by atoms with Gasteiger partial charge in [0.1, 0.15) is 19.2 Å². The average molecular weight is 526 g/mol. The van der Waals surface area contributed by atoms with Crippen LogP contribution in [0, 0.1) is 12.8 Å². The summed E-state index contributed by atoms with van der Waals surface area (Å²) in [4.78, 5) is 44.4. The summed E-state index contributed by atoms with van der Waals surface area (Å²) >= 11 is 0. The first-order chi connectivity index (χ1) is 18.3. The summed E-state index contributed by atoms with van der Waals surface area (Å²) in [7, 11) is 0. The van der Waals surface area contributed by atoms with Crippen LogP contribution < -0.4 is 21.3 Å². The van der Waals surface area contributed by atoms with E-state index in [0.717, 1.165) is 44.3 Å². The molecule has 202 valence electrons. The highest BCUT2D eigenvalue weighted by molar-refractivity contribution is 6.03. The number of primary amides is 1. The number of fused-ring (bicyclic) bond motifs is 2. The lowest BCUT2D eigenvalue weighted by Gasteiger charge is -2.40. The molecule has 3 fully saturated rings. The number of alkyl halides is 2. The van der Waals surface area contributed by atoms with E-state index in [4.69, 9.17) is 5.73 Å². The third-order valence-corrected chi connectivity index (χ3v) is 7.92. The van der Waals surface area contributed by atoms with Crippen LogP contribution in [0.15, 0.2) is 30.5 Å². The van der Waals surface area contributed by atoms with Gasteiger partial charge >= 0.3 is 0 Å². The van der Waals surface area contributed by atoms with Gasteiger partial charge in [0.25, 0.3) is 11.8 Å². The van der Waals surface area contributed by atoms with E-state index in [1.54, 1.807) is 13.1 Å². The van der Waals surface area contributed by atoms with Crippen molar-refractivity contribution in [2.24, 2.45) is 11.7 Å². The van der Waals surface area contributed by atoms with Gasteiger partial charge in [-0.25, -0.2) is 13.8 Å². The van der Waals surface area contributed by atoms with Gasteiger partial charge in [-0.2, -0.15) is 0 Å². The molecule has 5 rings (SSSR count). The zero-order valence-electron chi connectivity index (χ0n) is 21.4. The second-order valence-electron chi connectivity index (χ2n) is 10.7. The molecular weight excluding hydrogens is 492 g/mol. The molecule has 1 aliphatic carbocycles. The molecule has 0 radical (unpaired) electrons. The van der Waals surface area contributed by atoms with E-state index in [1.165, 1.54) is 12.1 Å². The fraction of sp³-hybridized carbons (Fsp3) is 0.500. The van der Waals surface area contributed by atoms with Crippen LogP contribution in [0.25, 0.3) is 0 Å². The minimum Gasteiger partial charge on any atom is -0.376 e. The monoisotopic (exact) mass is 525 g/mol. The Bertz CT molecular complexity index is 1220. The Kier molecular flexibility index (Phi) is 7.32. The smallest absolute Gasteiger partial charge is 0.251 e. The summed E-state index contributed by atoms with van der Waals surface area (Å²) in [6.07, 6.45) is 7.11. The summed E-state index contributed by atoms with van der Waals surface area (Å²) in [5.74, 6) is 0.142. The molecule has 2 saturated heterocycles.